The van der Waals surface area contributed by atoms with Crippen LogP contribution in [0.3, 0.4) is 0 Å². The van der Waals surface area contributed by atoms with Crippen molar-refractivity contribution in [2.45, 2.75) is 13.8 Å². The van der Waals surface area contributed by atoms with E-state index in [2.05, 4.69) is 74.1 Å². The van der Waals surface area contributed by atoms with Crippen molar-refractivity contribution in [3.63, 3.8) is 0 Å². The van der Waals surface area contributed by atoms with Crippen LogP contribution < -0.4 is 14.7 Å². The van der Waals surface area contributed by atoms with Crippen LogP contribution >= 0.6 is 0 Å². The zero-order valence-electron chi connectivity index (χ0n) is 16.4. The van der Waals surface area contributed by atoms with Gasteiger partial charge in [0.15, 0.2) is 5.82 Å². The van der Waals surface area contributed by atoms with E-state index in [-0.39, 0.29) is 0 Å². The minimum absolute atomic E-state index is 0.685. The molecule has 0 aliphatic carbocycles. The zero-order valence-corrected chi connectivity index (χ0v) is 16.4. The summed E-state index contributed by atoms with van der Waals surface area (Å²) in [6.45, 7) is 8.50. The molecule has 1 aliphatic heterocycles. The standard InChI is InChI=1S/C21H25N7/c1-3-28(18-8-6-7-17(2)15-18)20-16-23-25-21(24-20)27-13-11-26(12-14-27)19-9-4-5-10-22-19/h4-10,15-16H,3,11-14H2,1-2H3. The highest BCUT2D eigenvalue weighted by Gasteiger charge is 2.21. The molecule has 1 aromatic carbocycles. The van der Waals surface area contributed by atoms with Gasteiger partial charge in [0.1, 0.15) is 5.82 Å². The van der Waals surface area contributed by atoms with E-state index < -0.39 is 0 Å². The summed E-state index contributed by atoms with van der Waals surface area (Å²) in [4.78, 5) is 15.9. The SMILES string of the molecule is CCN(c1cccc(C)c1)c1cnnc(N2CCN(c3ccccn3)CC2)n1. The fourth-order valence-corrected chi connectivity index (χ4v) is 3.50. The smallest absolute Gasteiger partial charge is 0.247 e. The van der Waals surface area contributed by atoms with E-state index in [1.54, 1.807) is 6.20 Å². The summed E-state index contributed by atoms with van der Waals surface area (Å²) >= 11 is 0. The summed E-state index contributed by atoms with van der Waals surface area (Å²) in [6, 6.07) is 14.5. The van der Waals surface area contributed by atoms with Gasteiger partial charge in [0, 0.05) is 44.6 Å². The number of aryl methyl sites for hydroxylation is 1. The predicted molar refractivity (Wildman–Crippen MR) is 112 cm³/mol. The number of rotatable bonds is 5. The summed E-state index contributed by atoms with van der Waals surface area (Å²) in [5, 5.41) is 8.52. The first-order chi connectivity index (χ1) is 13.7. The lowest BCUT2D eigenvalue weighted by molar-refractivity contribution is 0.629. The molecule has 0 N–H and O–H groups in total. The van der Waals surface area contributed by atoms with Gasteiger partial charge in [-0.3, -0.25) is 0 Å². The maximum atomic E-state index is 4.82. The number of hydrogen-bond donors (Lipinski definition) is 0. The molecule has 144 valence electrons. The molecule has 7 heteroatoms. The van der Waals surface area contributed by atoms with Gasteiger partial charge < -0.3 is 14.7 Å². The Balaban J connectivity index is 1.50. The number of piperazine rings is 1. The van der Waals surface area contributed by atoms with Gasteiger partial charge in [-0.25, -0.2) is 4.98 Å². The van der Waals surface area contributed by atoms with Crippen LogP contribution in [-0.4, -0.2) is 52.9 Å². The Morgan fingerprint density at radius 1 is 1.00 bits per heavy atom. The van der Waals surface area contributed by atoms with Crippen LogP contribution in [0.25, 0.3) is 0 Å². The monoisotopic (exact) mass is 375 g/mol. The summed E-state index contributed by atoms with van der Waals surface area (Å²) in [6.07, 6.45) is 3.57. The van der Waals surface area contributed by atoms with Crippen molar-refractivity contribution in [3.8, 4) is 0 Å². The second-order valence-electron chi connectivity index (χ2n) is 6.86. The van der Waals surface area contributed by atoms with Gasteiger partial charge in [0.05, 0.1) is 6.20 Å². The lowest BCUT2D eigenvalue weighted by Crippen LogP contribution is -2.47. The Morgan fingerprint density at radius 2 is 1.82 bits per heavy atom. The summed E-state index contributed by atoms with van der Waals surface area (Å²) in [7, 11) is 0. The number of nitrogens with zero attached hydrogens (tertiary/aromatic N) is 7. The molecule has 0 bridgehead atoms. The summed E-state index contributed by atoms with van der Waals surface area (Å²) in [5.74, 6) is 2.53. The molecule has 0 radical (unpaired) electrons. The molecule has 4 rings (SSSR count). The first kappa shape index (κ1) is 18.2. The normalized spacial score (nSPS) is 14.2. The maximum absolute atomic E-state index is 4.82. The minimum atomic E-state index is 0.685. The third-order valence-electron chi connectivity index (χ3n) is 4.98. The van der Waals surface area contributed by atoms with Crippen LogP contribution in [0.4, 0.5) is 23.3 Å². The Morgan fingerprint density at radius 3 is 2.54 bits per heavy atom. The highest BCUT2D eigenvalue weighted by atomic mass is 15.4. The van der Waals surface area contributed by atoms with Gasteiger partial charge in [-0.05, 0) is 43.7 Å². The largest absolute Gasteiger partial charge is 0.353 e. The predicted octanol–water partition coefficient (Wildman–Crippen LogP) is 3.06. The van der Waals surface area contributed by atoms with Gasteiger partial charge >= 0.3 is 0 Å². The molecule has 0 unspecified atom stereocenters. The molecule has 28 heavy (non-hydrogen) atoms. The topological polar surface area (TPSA) is 61.3 Å². The van der Waals surface area contributed by atoms with Crippen LogP contribution in [0.5, 0.6) is 0 Å². The Hall–Kier alpha value is -3.22. The van der Waals surface area contributed by atoms with E-state index in [1.165, 1.54) is 5.56 Å². The van der Waals surface area contributed by atoms with Crippen molar-refractivity contribution in [2.24, 2.45) is 0 Å². The first-order valence-corrected chi connectivity index (χ1v) is 9.69. The van der Waals surface area contributed by atoms with Gasteiger partial charge in [-0.15, -0.1) is 5.10 Å². The highest BCUT2D eigenvalue weighted by molar-refractivity contribution is 5.60. The molecule has 1 aliphatic rings. The van der Waals surface area contributed by atoms with E-state index in [0.717, 1.165) is 50.0 Å². The van der Waals surface area contributed by atoms with Gasteiger partial charge in [0.2, 0.25) is 5.95 Å². The van der Waals surface area contributed by atoms with E-state index in [9.17, 15) is 0 Å². The van der Waals surface area contributed by atoms with E-state index in [4.69, 9.17) is 4.98 Å². The second-order valence-corrected chi connectivity index (χ2v) is 6.86. The van der Waals surface area contributed by atoms with Crippen molar-refractivity contribution in [1.29, 1.82) is 0 Å². The van der Waals surface area contributed by atoms with Crippen LogP contribution in [0.1, 0.15) is 12.5 Å². The Kier molecular flexibility index (Phi) is 5.32. The van der Waals surface area contributed by atoms with Crippen molar-refractivity contribution < 1.29 is 0 Å². The lowest BCUT2D eigenvalue weighted by Gasteiger charge is -2.35. The molecular weight excluding hydrogens is 350 g/mol. The lowest BCUT2D eigenvalue weighted by atomic mass is 10.2. The van der Waals surface area contributed by atoms with E-state index in [1.807, 2.05) is 18.3 Å². The van der Waals surface area contributed by atoms with Crippen LogP contribution in [0, 0.1) is 6.92 Å². The molecule has 7 nitrogen and oxygen atoms in total. The van der Waals surface area contributed by atoms with Crippen molar-refractivity contribution in [3.05, 3.63) is 60.4 Å². The molecule has 0 atom stereocenters. The fourth-order valence-electron chi connectivity index (χ4n) is 3.50. The first-order valence-electron chi connectivity index (χ1n) is 9.69. The number of hydrogen-bond acceptors (Lipinski definition) is 7. The summed E-state index contributed by atoms with van der Waals surface area (Å²) in [5.41, 5.74) is 2.35. The molecule has 1 saturated heterocycles. The van der Waals surface area contributed by atoms with E-state index >= 15 is 0 Å². The molecule has 0 saturated carbocycles. The summed E-state index contributed by atoms with van der Waals surface area (Å²) < 4.78 is 0. The van der Waals surface area contributed by atoms with Gasteiger partial charge in [0.25, 0.3) is 0 Å². The fraction of sp³-hybridized carbons (Fsp3) is 0.333. The average molecular weight is 375 g/mol. The third kappa shape index (κ3) is 3.88. The molecule has 2 aromatic heterocycles. The highest BCUT2D eigenvalue weighted by Crippen LogP contribution is 2.25. The zero-order chi connectivity index (χ0) is 19.3. The molecule has 1 fully saturated rings. The quantitative estimate of drug-likeness (QED) is 0.679. The van der Waals surface area contributed by atoms with Crippen molar-refractivity contribution >= 4 is 23.3 Å². The molecule has 3 heterocycles. The second kappa shape index (κ2) is 8.21. The van der Waals surface area contributed by atoms with E-state index in [0.29, 0.717) is 5.95 Å². The van der Waals surface area contributed by atoms with Crippen LogP contribution in [0.15, 0.2) is 54.9 Å². The van der Waals surface area contributed by atoms with Crippen LogP contribution in [-0.2, 0) is 0 Å². The van der Waals surface area contributed by atoms with Crippen molar-refractivity contribution in [2.75, 3.05) is 47.4 Å². The molecule has 3 aromatic rings. The van der Waals surface area contributed by atoms with Gasteiger partial charge in [-0.1, -0.05) is 18.2 Å². The Labute approximate surface area is 165 Å². The number of aromatic nitrogens is 4. The molecule has 0 amide bonds. The number of anilines is 4. The number of benzene rings is 1. The van der Waals surface area contributed by atoms with Gasteiger partial charge in [-0.2, -0.15) is 10.1 Å². The number of pyridine rings is 1. The minimum Gasteiger partial charge on any atom is -0.353 e. The third-order valence-corrected chi connectivity index (χ3v) is 4.98. The molecular formula is C21H25N7. The van der Waals surface area contributed by atoms with Crippen molar-refractivity contribution in [1.82, 2.24) is 20.2 Å². The van der Waals surface area contributed by atoms with Crippen LogP contribution in [0.2, 0.25) is 0 Å². The molecule has 0 spiro atoms. The maximum Gasteiger partial charge on any atom is 0.247 e. The Bertz CT molecular complexity index is 907. The average Bonchev–Trinajstić information content (AvgIpc) is 2.75.